The van der Waals surface area contributed by atoms with Gasteiger partial charge in [0.1, 0.15) is 19.3 Å². The Morgan fingerprint density at radius 1 is 0.308 bits per heavy atom. The van der Waals surface area contributed by atoms with Crippen LogP contribution in [0.5, 0.6) is 0 Å². The predicted octanol–water partition coefficient (Wildman–Crippen LogP) is 20.5. The third kappa shape index (κ3) is 65.1. The van der Waals surface area contributed by atoms with Gasteiger partial charge in [0.05, 0.1) is 26.4 Å². The Hall–Kier alpha value is -1.94. The topological polar surface area (TPSA) is 237 Å². The van der Waals surface area contributed by atoms with Gasteiger partial charge < -0.3 is 33.8 Å². The van der Waals surface area contributed by atoms with Crippen LogP contribution in [0.25, 0.3) is 0 Å². The number of hydrogen-bond donors (Lipinski definition) is 3. The molecule has 17 nitrogen and oxygen atoms in total. The Balaban J connectivity index is 5.16. The van der Waals surface area contributed by atoms with Crippen LogP contribution in [0.15, 0.2) is 0 Å². The third-order valence-electron chi connectivity index (χ3n) is 16.9. The van der Waals surface area contributed by atoms with E-state index in [1.807, 2.05) is 0 Å². The van der Waals surface area contributed by atoms with E-state index in [0.29, 0.717) is 37.5 Å². The highest BCUT2D eigenvalue weighted by Gasteiger charge is 2.30. The SMILES string of the molecule is CCC(C)CCCCCCCCC(=O)OC[C@H](COP(=O)(O)OC[C@H](O)COP(=O)(O)OC[C@@H](COC(=O)CCCCCCCCCC(C)C)OC(=O)CCCCCCCCCC(C)C)OC(=O)CCCCCCCCCCCCCCCCCCCCC(C)C. The van der Waals surface area contributed by atoms with Gasteiger partial charge in [-0.2, -0.15) is 0 Å². The first-order valence-electron chi connectivity index (χ1n) is 37.2. The zero-order valence-electron chi connectivity index (χ0n) is 59.5. The maximum atomic E-state index is 13.0. The molecule has 0 rings (SSSR count). The summed E-state index contributed by atoms with van der Waals surface area (Å²) in [6.07, 6.45) is 44.8. The quantitative estimate of drug-likeness (QED) is 0.0222. The third-order valence-corrected chi connectivity index (χ3v) is 18.8. The summed E-state index contributed by atoms with van der Waals surface area (Å²) in [4.78, 5) is 72.5. The molecule has 6 atom stereocenters. The molecule has 3 N–H and O–H groups in total. The van der Waals surface area contributed by atoms with E-state index in [0.717, 1.165) is 115 Å². The number of carbonyl (C=O) groups is 4. The Labute approximate surface area is 556 Å². The van der Waals surface area contributed by atoms with Gasteiger partial charge in [-0.1, -0.05) is 306 Å². The molecule has 0 bridgehead atoms. The van der Waals surface area contributed by atoms with Crippen molar-refractivity contribution in [1.82, 2.24) is 0 Å². The lowest BCUT2D eigenvalue weighted by atomic mass is 10.00. The van der Waals surface area contributed by atoms with Crippen molar-refractivity contribution in [2.24, 2.45) is 23.7 Å². The number of carbonyl (C=O) groups excluding carboxylic acids is 4. The minimum Gasteiger partial charge on any atom is -0.462 e. The van der Waals surface area contributed by atoms with Crippen molar-refractivity contribution in [2.75, 3.05) is 39.6 Å². The molecule has 0 radical (unpaired) electrons. The van der Waals surface area contributed by atoms with Crippen molar-refractivity contribution in [2.45, 2.75) is 375 Å². The van der Waals surface area contributed by atoms with E-state index in [1.54, 1.807) is 0 Å². The summed E-state index contributed by atoms with van der Waals surface area (Å²) in [5, 5.41) is 10.6. The molecule has 0 saturated heterocycles. The molecular formula is C72H140O17P2. The highest BCUT2D eigenvalue weighted by Crippen LogP contribution is 2.45. The van der Waals surface area contributed by atoms with Crippen molar-refractivity contribution in [1.29, 1.82) is 0 Å². The van der Waals surface area contributed by atoms with Crippen molar-refractivity contribution < 1.29 is 80.2 Å². The second kappa shape index (κ2) is 61.6. The molecule has 0 saturated carbocycles. The molecular weight excluding hydrogens is 1200 g/mol. The fraction of sp³-hybridized carbons (Fsp3) is 0.944. The van der Waals surface area contributed by atoms with Crippen LogP contribution in [-0.4, -0.2) is 96.7 Å². The number of ether oxygens (including phenoxy) is 4. The number of hydrogen-bond acceptors (Lipinski definition) is 15. The van der Waals surface area contributed by atoms with Crippen LogP contribution in [0.1, 0.15) is 357 Å². The van der Waals surface area contributed by atoms with Gasteiger partial charge in [0.2, 0.25) is 0 Å². The number of phosphoric acid groups is 2. The van der Waals surface area contributed by atoms with Crippen LogP contribution in [0.3, 0.4) is 0 Å². The fourth-order valence-corrected chi connectivity index (χ4v) is 12.4. The summed E-state index contributed by atoms with van der Waals surface area (Å²) in [6, 6.07) is 0. The van der Waals surface area contributed by atoms with Crippen LogP contribution in [-0.2, 0) is 65.4 Å². The van der Waals surface area contributed by atoms with Crippen molar-refractivity contribution in [3.63, 3.8) is 0 Å². The van der Waals surface area contributed by atoms with Gasteiger partial charge >= 0.3 is 39.5 Å². The van der Waals surface area contributed by atoms with E-state index >= 15 is 0 Å². The molecule has 540 valence electrons. The van der Waals surface area contributed by atoms with Crippen molar-refractivity contribution >= 4 is 39.5 Å². The fourth-order valence-electron chi connectivity index (χ4n) is 10.8. The maximum Gasteiger partial charge on any atom is 0.472 e. The van der Waals surface area contributed by atoms with Crippen molar-refractivity contribution in [3.8, 4) is 0 Å². The van der Waals surface area contributed by atoms with Crippen molar-refractivity contribution in [3.05, 3.63) is 0 Å². The Morgan fingerprint density at radius 3 is 0.780 bits per heavy atom. The molecule has 0 amide bonds. The van der Waals surface area contributed by atoms with Gasteiger partial charge in [-0.15, -0.1) is 0 Å². The summed E-state index contributed by atoms with van der Waals surface area (Å²) in [5.74, 6) is 0.820. The summed E-state index contributed by atoms with van der Waals surface area (Å²) in [6.45, 7) is 14.0. The molecule has 3 unspecified atom stereocenters. The number of rotatable bonds is 69. The molecule has 0 aliphatic carbocycles. The maximum absolute atomic E-state index is 13.0. The largest absolute Gasteiger partial charge is 0.472 e. The van der Waals surface area contributed by atoms with E-state index in [1.165, 1.54) is 148 Å². The lowest BCUT2D eigenvalue weighted by Crippen LogP contribution is -2.30. The van der Waals surface area contributed by atoms with Crippen LogP contribution in [0.4, 0.5) is 0 Å². The van der Waals surface area contributed by atoms with Gasteiger partial charge in [-0.05, 0) is 49.4 Å². The highest BCUT2D eigenvalue weighted by atomic mass is 31.2. The summed E-state index contributed by atoms with van der Waals surface area (Å²) in [5.41, 5.74) is 0. The molecule has 91 heavy (non-hydrogen) atoms. The zero-order chi connectivity index (χ0) is 67.5. The minimum absolute atomic E-state index is 0.102. The van der Waals surface area contributed by atoms with Crippen LogP contribution < -0.4 is 0 Å². The summed E-state index contributed by atoms with van der Waals surface area (Å²) < 4.78 is 68.3. The van der Waals surface area contributed by atoms with E-state index in [9.17, 15) is 43.2 Å². The lowest BCUT2D eigenvalue weighted by molar-refractivity contribution is -0.161. The van der Waals surface area contributed by atoms with Gasteiger partial charge in [-0.25, -0.2) is 9.13 Å². The van der Waals surface area contributed by atoms with Gasteiger partial charge in [0.25, 0.3) is 0 Å². The molecule has 0 aliphatic rings. The number of aliphatic hydroxyl groups is 1. The molecule has 0 aliphatic heterocycles. The smallest absolute Gasteiger partial charge is 0.462 e. The highest BCUT2D eigenvalue weighted by molar-refractivity contribution is 7.47. The summed E-state index contributed by atoms with van der Waals surface area (Å²) in [7, 11) is -9.90. The molecule has 0 spiro atoms. The van der Waals surface area contributed by atoms with E-state index < -0.39 is 97.5 Å². The standard InChI is InChI=1S/C72H140O17P2/c1-9-65(8)51-43-35-30-31-37-45-53-70(75)83-59-68(88-71(76)54-46-38-27-21-19-17-15-13-11-10-12-14-16-18-20-24-32-40-48-62(2)3)61-87-91(80,81)85-57-66(73)56-84-90(78,79)86-60-67(89-72(77)55-47-39-29-23-26-34-42-50-64(6)7)58-82-69(74)52-44-36-28-22-25-33-41-49-63(4)5/h62-68,73H,9-61H2,1-8H3,(H,78,79)(H,80,81)/t65?,66-,67-,68-/m1/s1. The minimum atomic E-state index is -4.95. The Morgan fingerprint density at radius 2 is 0.527 bits per heavy atom. The van der Waals surface area contributed by atoms with E-state index in [4.69, 9.17) is 37.0 Å². The molecule has 19 heteroatoms. The van der Waals surface area contributed by atoms with E-state index in [2.05, 4.69) is 55.4 Å². The molecule has 0 heterocycles. The second-order valence-electron chi connectivity index (χ2n) is 27.6. The predicted molar refractivity (Wildman–Crippen MR) is 367 cm³/mol. The van der Waals surface area contributed by atoms with Crippen LogP contribution >= 0.6 is 15.6 Å². The van der Waals surface area contributed by atoms with Crippen LogP contribution in [0.2, 0.25) is 0 Å². The number of esters is 4. The van der Waals surface area contributed by atoms with Gasteiger partial charge in [-0.3, -0.25) is 37.3 Å². The number of aliphatic hydroxyl groups excluding tert-OH is 1. The average molecular weight is 1340 g/mol. The lowest BCUT2D eigenvalue weighted by Gasteiger charge is -2.21. The Kier molecular flexibility index (Phi) is 60.3. The monoisotopic (exact) mass is 1340 g/mol. The zero-order valence-corrected chi connectivity index (χ0v) is 61.3. The normalized spacial score (nSPS) is 14.5. The summed E-state index contributed by atoms with van der Waals surface area (Å²) >= 11 is 0. The molecule has 0 aromatic rings. The average Bonchev–Trinajstić information content (AvgIpc) is 2.96. The molecule has 0 aromatic carbocycles. The molecule has 0 fully saturated rings. The first kappa shape index (κ1) is 89.1. The number of phosphoric ester groups is 2. The van der Waals surface area contributed by atoms with Gasteiger partial charge in [0, 0.05) is 25.7 Å². The Bertz CT molecular complexity index is 1800. The van der Waals surface area contributed by atoms with Crippen LogP contribution in [0, 0.1) is 23.7 Å². The second-order valence-corrected chi connectivity index (χ2v) is 30.6. The molecule has 0 aromatic heterocycles. The van der Waals surface area contributed by atoms with Gasteiger partial charge in [0.15, 0.2) is 12.2 Å². The van der Waals surface area contributed by atoms with E-state index in [-0.39, 0.29) is 25.7 Å². The first-order chi connectivity index (χ1) is 43.6. The number of unbranched alkanes of at least 4 members (excludes halogenated alkanes) is 34. The first-order valence-corrected chi connectivity index (χ1v) is 40.2.